The van der Waals surface area contributed by atoms with E-state index in [1.807, 2.05) is 0 Å². The van der Waals surface area contributed by atoms with Crippen molar-refractivity contribution >= 4 is 28.4 Å². The molecule has 0 fully saturated rings. The van der Waals surface area contributed by atoms with E-state index in [-0.39, 0.29) is 18.7 Å². The van der Waals surface area contributed by atoms with Crippen LogP contribution in [0.25, 0.3) is 0 Å². The Morgan fingerprint density at radius 3 is 2.42 bits per heavy atom. The van der Waals surface area contributed by atoms with E-state index >= 15 is 0 Å². The number of carbonyl (C=O) groups excluding carboxylic acids is 1. The van der Waals surface area contributed by atoms with E-state index in [0.29, 0.717) is 5.02 Å². The molecule has 1 rings (SSSR count). The van der Waals surface area contributed by atoms with Gasteiger partial charge in [0.05, 0.1) is 5.56 Å². The highest BCUT2D eigenvalue weighted by molar-refractivity contribution is 6.68. The van der Waals surface area contributed by atoms with Gasteiger partial charge < -0.3 is 5.11 Å². The van der Waals surface area contributed by atoms with Crippen LogP contribution in [-0.2, 0) is 0 Å². The lowest BCUT2D eigenvalue weighted by Gasteiger charge is -1.97. The first kappa shape index (κ1) is 11.3. The number of aromatic hydroxyl groups is 1. The Hall–Kier alpha value is -0.730. The van der Waals surface area contributed by atoms with Crippen LogP contribution < -0.4 is 0 Å². The maximum atomic E-state index is 10.6. The van der Waals surface area contributed by atoms with E-state index in [4.69, 9.17) is 28.3 Å². The molecule has 0 aliphatic carbocycles. The second-order valence-electron chi connectivity index (χ2n) is 1.94. The maximum Gasteiger partial charge on any atom is 0.256 e. The number of hydrogen-bond donors (Lipinski definition) is 1. The van der Waals surface area contributed by atoms with E-state index < -0.39 is 5.24 Å². The number of halogens is 2. The van der Waals surface area contributed by atoms with Gasteiger partial charge >= 0.3 is 0 Å². The SMILES string of the molecule is C.O=C(Cl)c1cc(Cl)ccc1O. The van der Waals surface area contributed by atoms with Crippen molar-refractivity contribution in [3.63, 3.8) is 0 Å². The minimum Gasteiger partial charge on any atom is -0.507 e. The topological polar surface area (TPSA) is 37.3 Å². The molecule has 4 heteroatoms. The van der Waals surface area contributed by atoms with E-state index in [1.165, 1.54) is 18.2 Å². The van der Waals surface area contributed by atoms with Crippen LogP contribution in [0.5, 0.6) is 5.75 Å². The van der Waals surface area contributed by atoms with Crippen molar-refractivity contribution in [1.29, 1.82) is 0 Å². The fourth-order valence-electron chi connectivity index (χ4n) is 0.666. The summed E-state index contributed by atoms with van der Waals surface area (Å²) in [6.45, 7) is 0. The predicted octanol–water partition coefficient (Wildman–Crippen LogP) is 3.06. The van der Waals surface area contributed by atoms with Gasteiger partial charge in [0.1, 0.15) is 5.75 Å². The van der Waals surface area contributed by atoms with Gasteiger partial charge in [-0.1, -0.05) is 19.0 Å². The van der Waals surface area contributed by atoms with Crippen molar-refractivity contribution < 1.29 is 9.90 Å². The largest absolute Gasteiger partial charge is 0.507 e. The molecule has 66 valence electrons. The fraction of sp³-hybridized carbons (Fsp3) is 0.125. The standard InChI is InChI=1S/C7H4Cl2O2.CH4/c8-4-1-2-6(10)5(3-4)7(9)11;/h1-3,10H;1H4. The summed E-state index contributed by atoms with van der Waals surface area (Å²) in [6.07, 6.45) is 0. The molecule has 1 N–H and O–H groups in total. The Bertz CT molecular complexity index is 297. The minimum atomic E-state index is -0.718. The third-order valence-corrected chi connectivity index (χ3v) is 1.61. The quantitative estimate of drug-likeness (QED) is 0.718. The Balaban J connectivity index is 0.00000121. The molecule has 0 amide bonds. The first-order chi connectivity index (χ1) is 5.11. The molecule has 0 saturated heterocycles. The normalized spacial score (nSPS) is 8.83. The average molecular weight is 207 g/mol. The van der Waals surface area contributed by atoms with Crippen LogP contribution in [0.1, 0.15) is 17.8 Å². The summed E-state index contributed by atoms with van der Waals surface area (Å²) in [5, 5.41) is 8.69. The Kier molecular flexibility index (Phi) is 4.07. The molecule has 12 heavy (non-hydrogen) atoms. The maximum absolute atomic E-state index is 10.6. The average Bonchev–Trinajstić information content (AvgIpc) is 1.94. The van der Waals surface area contributed by atoms with Crippen LogP contribution in [0.15, 0.2) is 18.2 Å². The number of carbonyl (C=O) groups is 1. The van der Waals surface area contributed by atoms with Crippen molar-refractivity contribution in [3.8, 4) is 5.75 Å². The van der Waals surface area contributed by atoms with Gasteiger partial charge in [0.25, 0.3) is 5.24 Å². The van der Waals surface area contributed by atoms with Crippen molar-refractivity contribution in [2.75, 3.05) is 0 Å². The number of phenolic OH excluding ortho intramolecular Hbond substituents is 1. The molecule has 0 heterocycles. The molecule has 0 saturated carbocycles. The van der Waals surface area contributed by atoms with Gasteiger partial charge in [-0.2, -0.15) is 0 Å². The molecule has 0 aromatic heterocycles. The van der Waals surface area contributed by atoms with E-state index in [2.05, 4.69) is 0 Å². The number of phenols is 1. The highest BCUT2D eigenvalue weighted by Crippen LogP contribution is 2.22. The summed E-state index contributed by atoms with van der Waals surface area (Å²) >= 11 is 10.7. The third kappa shape index (κ3) is 2.40. The molecular formula is C8H8Cl2O2. The van der Waals surface area contributed by atoms with Gasteiger partial charge in [-0.05, 0) is 29.8 Å². The summed E-state index contributed by atoms with van der Waals surface area (Å²) in [6, 6.07) is 4.10. The number of hydrogen-bond acceptors (Lipinski definition) is 2. The van der Waals surface area contributed by atoms with E-state index in [1.54, 1.807) is 0 Å². The first-order valence-corrected chi connectivity index (χ1v) is 3.55. The van der Waals surface area contributed by atoms with Crippen LogP contribution in [-0.4, -0.2) is 10.3 Å². The second-order valence-corrected chi connectivity index (χ2v) is 2.71. The highest BCUT2D eigenvalue weighted by atomic mass is 35.5. The van der Waals surface area contributed by atoms with Gasteiger partial charge in [0.2, 0.25) is 0 Å². The van der Waals surface area contributed by atoms with Gasteiger partial charge in [0, 0.05) is 5.02 Å². The molecule has 1 aromatic rings. The van der Waals surface area contributed by atoms with E-state index in [0.717, 1.165) is 0 Å². The Morgan fingerprint density at radius 1 is 1.42 bits per heavy atom. The van der Waals surface area contributed by atoms with Crippen LogP contribution in [0.3, 0.4) is 0 Å². The molecular weight excluding hydrogens is 199 g/mol. The molecule has 0 radical (unpaired) electrons. The van der Waals surface area contributed by atoms with Gasteiger partial charge in [-0.3, -0.25) is 4.79 Å². The Morgan fingerprint density at radius 2 is 2.00 bits per heavy atom. The molecule has 0 aliphatic heterocycles. The summed E-state index contributed by atoms with van der Waals surface area (Å²) in [4.78, 5) is 10.6. The summed E-state index contributed by atoms with van der Waals surface area (Å²) in [7, 11) is 0. The van der Waals surface area contributed by atoms with Gasteiger partial charge in [-0.15, -0.1) is 0 Å². The lowest BCUT2D eigenvalue weighted by atomic mass is 10.2. The monoisotopic (exact) mass is 206 g/mol. The lowest BCUT2D eigenvalue weighted by Crippen LogP contribution is -1.88. The molecule has 1 aromatic carbocycles. The summed E-state index contributed by atoms with van der Waals surface area (Å²) in [5.41, 5.74) is 0.0270. The van der Waals surface area contributed by atoms with Gasteiger partial charge in [-0.25, -0.2) is 0 Å². The molecule has 0 atom stereocenters. The second kappa shape index (κ2) is 4.33. The van der Waals surface area contributed by atoms with Crippen LogP contribution in [0.4, 0.5) is 0 Å². The molecule has 0 spiro atoms. The first-order valence-electron chi connectivity index (χ1n) is 2.79. The highest BCUT2D eigenvalue weighted by Gasteiger charge is 2.07. The van der Waals surface area contributed by atoms with Crippen molar-refractivity contribution in [1.82, 2.24) is 0 Å². The van der Waals surface area contributed by atoms with Crippen molar-refractivity contribution in [3.05, 3.63) is 28.8 Å². The predicted molar refractivity (Wildman–Crippen MR) is 50.0 cm³/mol. The molecule has 0 aliphatic rings. The lowest BCUT2D eigenvalue weighted by molar-refractivity contribution is 0.107. The number of benzene rings is 1. The van der Waals surface area contributed by atoms with Crippen LogP contribution >= 0.6 is 23.2 Å². The summed E-state index contributed by atoms with van der Waals surface area (Å²) in [5.74, 6) is -0.158. The van der Waals surface area contributed by atoms with E-state index in [9.17, 15) is 4.79 Å². The zero-order valence-electron chi connectivity index (χ0n) is 5.34. The Labute approximate surface area is 80.7 Å². The summed E-state index contributed by atoms with van der Waals surface area (Å²) < 4.78 is 0. The fourth-order valence-corrected chi connectivity index (χ4v) is 0.989. The number of rotatable bonds is 1. The van der Waals surface area contributed by atoms with Crippen LogP contribution in [0.2, 0.25) is 5.02 Å². The van der Waals surface area contributed by atoms with Crippen molar-refractivity contribution in [2.45, 2.75) is 7.43 Å². The van der Waals surface area contributed by atoms with Crippen molar-refractivity contribution in [2.24, 2.45) is 0 Å². The third-order valence-electron chi connectivity index (χ3n) is 1.17. The zero-order valence-corrected chi connectivity index (χ0v) is 6.86. The molecule has 0 bridgehead atoms. The minimum absolute atomic E-state index is 0. The van der Waals surface area contributed by atoms with Gasteiger partial charge in [0.15, 0.2) is 0 Å². The van der Waals surface area contributed by atoms with Crippen LogP contribution in [0, 0.1) is 0 Å². The zero-order chi connectivity index (χ0) is 8.43. The molecule has 2 nitrogen and oxygen atoms in total. The molecule has 0 unspecified atom stereocenters. The smallest absolute Gasteiger partial charge is 0.256 e.